The molecule has 0 saturated heterocycles. The van der Waals surface area contributed by atoms with Crippen molar-refractivity contribution in [3.8, 4) is 0 Å². The van der Waals surface area contributed by atoms with Crippen LogP contribution in [0.5, 0.6) is 0 Å². The molecular weight excluding hydrogens is 383 g/mol. The minimum Gasteiger partial charge on any atom is -0.481 e. The summed E-state index contributed by atoms with van der Waals surface area (Å²) in [4.78, 5) is 22.2. The number of carboxylic acids is 1. The van der Waals surface area contributed by atoms with Crippen LogP contribution in [0.2, 0.25) is 10.0 Å². The van der Waals surface area contributed by atoms with E-state index in [-0.39, 0.29) is 17.5 Å². The van der Waals surface area contributed by atoms with Gasteiger partial charge in [0.2, 0.25) is 0 Å². The highest BCUT2D eigenvalue weighted by atomic mass is 79.9. The first-order valence-electron chi connectivity index (χ1n) is 6.24. The third kappa shape index (κ3) is 6.11. The Morgan fingerprint density at radius 2 is 2.00 bits per heavy atom. The topological polar surface area (TPSA) is 78.4 Å². The Bertz CT molecular complexity index is 540. The molecular formula is C13H15BrCl2N2O3. The maximum atomic E-state index is 11.8. The van der Waals surface area contributed by atoms with Gasteiger partial charge < -0.3 is 15.7 Å². The summed E-state index contributed by atoms with van der Waals surface area (Å²) in [6.07, 6.45) is 1.16. The minimum absolute atomic E-state index is 0.0851. The molecule has 1 aromatic carbocycles. The average molecular weight is 398 g/mol. The summed E-state index contributed by atoms with van der Waals surface area (Å²) in [5.74, 6) is -0.845. The largest absolute Gasteiger partial charge is 0.481 e. The first kappa shape index (κ1) is 18.1. The number of aliphatic carboxylic acids is 1. The fourth-order valence-corrected chi connectivity index (χ4v) is 2.46. The third-order valence-electron chi connectivity index (χ3n) is 2.69. The van der Waals surface area contributed by atoms with Gasteiger partial charge in [0.15, 0.2) is 0 Å². The van der Waals surface area contributed by atoms with Gasteiger partial charge in [-0.25, -0.2) is 4.79 Å². The molecule has 0 spiro atoms. The monoisotopic (exact) mass is 396 g/mol. The molecule has 1 aromatic rings. The van der Waals surface area contributed by atoms with E-state index in [1.807, 2.05) is 0 Å². The Balaban J connectivity index is 2.50. The Kier molecular flexibility index (Phi) is 7.28. The molecule has 1 unspecified atom stereocenters. The molecule has 0 aromatic heterocycles. The van der Waals surface area contributed by atoms with Gasteiger partial charge in [-0.1, -0.05) is 23.2 Å². The number of urea groups is 1. The maximum absolute atomic E-state index is 11.8. The van der Waals surface area contributed by atoms with Gasteiger partial charge in [0.1, 0.15) is 0 Å². The lowest BCUT2D eigenvalue weighted by molar-refractivity contribution is -0.137. The van der Waals surface area contributed by atoms with Crippen LogP contribution in [0, 0.1) is 0 Å². The summed E-state index contributed by atoms with van der Waals surface area (Å²) in [6, 6.07) is 2.75. The zero-order valence-corrected chi connectivity index (χ0v) is 14.3. The molecule has 3 N–H and O–H groups in total. The number of carboxylic acid groups (broad SMARTS) is 1. The van der Waals surface area contributed by atoms with E-state index < -0.39 is 12.0 Å². The average Bonchev–Trinajstić information content (AvgIpc) is 2.39. The van der Waals surface area contributed by atoms with Crippen molar-refractivity contribution in [2.24, 2.45) is 0 Å². The van der Waals surface area contributed by atoms with Crippen LogP contribution in [0.25, 0.3) is 0 Å². The van der Waals surface area contributed by atoms with Crippen LogP contribution in [-0.2, 0) is 4.79 Å². The first-order chi connectivity index (χ1) is 9.81. The van der Waals surface area contributed by atoms with E-state index in [9.17, 15) is 9.59 Å². The van der Waals surface area contributed by atoms with Crippen molar-refractivity contribution in [3.05, 3.63) is 26.7 Å². The second-order valence-electron chi connectivity index (χ2n) is 4.51. The number of amides is 2. The molecule has 0 aliphatic rings. The molecule has 2 amide bonds. The van der Waals surface area contributed by atoms with Crippen LogP contribution in [0.1, 0.15) is 26.2 Å². The zero-order valence-electron chi connectivity index (χ0n) is 11.3. The van der Waals surface area contributed by atoms with Crippen LogP contribution in [-0.4, -0.2) is 23.1 Å². The van der Waals surface area contributed by atoms with Crippen molar-refractivity contribution in [3.63, 3.8) is 0 Å². The van der Waals surface area contributed by atoms with E-state index in [1.165, 1.54) is 0 Å². The van der Waals surface area contributed by atoms with Gasteiger partial charge >= 0.3 is 12.0 Å². The lowest BCUT2D eigenvalue weighted by Gasteiger charge is -2.15. The van der Waals surface area contributed by atoms with Gasteiger partial charge in [-0.05, 0) is 47.8 Å². The van der Waals surface area contributed by atoms with E-state index in [0.29, 0.717) is 28.0 Å². The predicted octanol–water partition coefficient (Wildman–Crippen LogP) is 4.52. The second kappa shape index (κ2) is 8.46. The fourth-order valence-electron chi connectivity index (χ4n) is 1.64. The number of hydrogen-bond acceptors (Lipinski definition) is 2. The first-order valence-corrected chi connectivity index (χ1v) is 7.79. The van der Waals surface area contributed by atoms with Crippen LogP contribution < -0.4 is 10.6 Å². The Morgan fingerprint density at radius 1 is 1.33 bits per heavy atom. The van der Waals surface area contributed by atoms with Crippen molar-refractivity contribution in [1.29, 1.82) is 0 Å². The number of carbonyl (C=O) groups is 2. The Morgan fingerprint density at radius 3 is 2.62 bits per heavy atom. The Labute approximate surface area is 141 Å². The number of hydrogen-bond donors (Lipinski definition) is 3. The summed E-state index contributed by atoms with van der Waals surface area (Å²) < 4.78 is 0.641. The minimum atomic E-state index is -0.845. The van der Waals surface area contributed by atoms with Crippen LogP contribution in [0.3, 0.4) is 0 Å². The van der Waals surface area contributed by atoms with Gasteiger partial charge in [-0.3, -0.25) is 4.79 Å². The quantitative estimate of drug-likeness (QED) is 0.617. The highest BCUT2D eigenvalue weighted by Crippen LogP contribution is 2.35. The van der Waals surface area contributed by atoms with Crippen molar-refractivity contribution in [1.82, 2.24) is 5.32 Å². The molecule has 0 heterocycles. The third-order valence-corrected chi connectivity index (χ3v) is 4.46. The molecule has 21 heavy (non-hydrogen) atoms. The van der Waals surface area contributed by atoms with E-state index in [1.54, 1.807) is 19.1 Å². The number of carbonyl (C=O) groups excluding carboxylic acids is 1. The van der Waals surface area contributed by atoms with E-state index >= 15 is 0 Å². The van der Waals surface area contributed by atoms with Gasteiger partial charge in [-0.15, -0.1) is 0 Å². The van der Waals surface area contributed by atoms with E-state index in [0.717, 1.165) is 0 Å². The van der Waals surface area contributed by atoms with Gasteiger partial charge in [-0.2, -0.15) is 0 Å². The standard InChI is InChI=1S/C13H15BrCl2N2O3/c1-7(3-2-4-10(19)20)17-13(21)18-9-6-5-8(14)11(15)12(9)16/h5-7H,2-4H2,1H3,(H,19,20)(H2,17,18,21). The molecule has 5 nitrogen and oxygen atoms in total. The molecule has 116 valence electrons. The summed E-state index contributed by atoms with van der Waals surface area (Å²) in [6.45, 7) is 1.80. The number of rotatable bonds is 6. The molecule has 1 atom stereocenters. The van der Waals surface area contributed by atoms with Gasteiger partial charge in [0.05, 0.1) is 15.7 Å². The van der Waals surface area contributed by atoms with Crippen molar-refractivity contribution >= 4 is 56.8 Å². The van der Waals surface area contributed by atoms with Crippen molar-refractivity contribution in [2.45, 2.75) is 32.2 Å². The summed E-state index contributed by atoms with van der Waals surface area (Å²) in [5.41, 5.74) is 0.403. The maximum Gasteiger partial charge on any atom is 0.319 e. The molecule has 8 heteroatoms. The van der Waals surface area contributed by atoms with Gasteiger partial charge in [0, 0.05) is 16.9 Å². The van der Waals surface area contributed by atoms with Crippen molar-refractivity contribution in [2.75, 3.05) is 5.32 Å². The SMILES string of the molecule is CC(CCCC(=O)O)NC(=O)Nc1ccc(Br)c(Cl)c1Cl. The van der Waals surface area contributed by atoms with E-state index in [2.05, 4.69) is 26.6 Å². The normalized spacial score (nSPS) is 11.8. The number of anilines is 1. The number of benzene rings is 1. The van der Waals surface area contributed by atoms with Crippen LogP contribution >= 0.6 is 39.1 Å². The molecule has 0 saturated carbocycles. The lowest BCUT2D eigenvalue weighted by atomic mass is 10.1. The highest BCUT2D eigenvalue weighted by molar-refractivity contribution is 9.10. The molecule has 0 aliphatic carbocycles. The number of nitrogens with one attached hydrogen (secondary N) is 2. The molecule has 1 rings (SSSR count). The van der Waals surface area contributed by atoms with Crippen LogP contribution in [0.15, 0.2) is 16.6 Å². The van der Waals surface area contributed by atoms with Gasteiger partial charge in [0.25, 0.3) is 0 Å². The summed E-state index contributed by atoms with van der Waals surface area (Å²) >= 11 is 15.2. The lowest BCUT2D eigenvalue weighted by Crippen LogP contribution is -2.36. The fraction of sp³-hybridized carbons (Fsp3) is 0.385. The molecule has 0 radical (unpaired) electrons. The number of halogens is 3. The predicted molar refractivity (Wildman–Crippen MR) is 87.3 cm³/mol. The highest BCUT2D eigenvalue weighted by Gasteiger charge is 2.12. The Hall–Kier alpha value is -0.980. The second-order valence-corrected chi connectivity index (χ2v) is 6.12. The summed E-state index contributed by atoms with van der Waals surface area (Å²) in [5, 5.41) is 14.4. The molecule has 0 fully saturated rings. The zero-order chi connectivity index (χ0) is 16.0. The van der Waals surface area contributed by atoms with E-state index in [4.69, 9.17) is 28.3 Å². The van der Waals surface area contributed by atoms with Crippen LogP contribution in [0.4, 0.5) is 10.5 Å². The van der Waals surface area contributed by atoms with Crippen molar-refractivity contribution < 1.29 is 14.7 Å². The molecule has 0 bridgehead atoms. The molecule has 0 aliphatic heterocycles. The summed E-state index contributed by atoms with van der Waals surface area (Å²) in [7, 11) is 0. The smallest absolute Gasteiger partial charge is 0.319 e.